The molecule has 0 atom stereocenters. The number of anilines is 1. The Kier molecular flexibility index (Phi) is 4.34. The van der Waals surface area contributed by atoms with E-state index in [0.717, 1.165) is 5.56 Å². The third-order valence-electron chi connectivity index (χ3n) is 2.68. The monoisotopic (exact) mass is 270 g/mol. The normalized spacial score (nSPS) is 11.3. The van der Waals surface area contributed by atoms with Crippen molar-refractivity contribution in [3.63, 3.8) is 0 Å². The van der Waals surface area contributed by atoms with E-state index in [0.29, 0.717) is 5.69 Å². The van der Waals surface area contributed by atoms with Gasteiger partial charge in [-0.3, -0.25) is 4.79 Å². The maximum absolute atomic E-state index is 12.0. The van der Waals surface area contributed by atoms with Gasteiger partial charge in [0.2, 0.25) is 5.91 Å². The first-order valence-electron chi connectivity index (χ1n) is 5.53. The standard InChI is InChI=1S/C12H18N2O3S/c1-9-8-10(4-5-11(9)13)18(16,17)7-6-12(15)14(2)3/h4-5,8H,6-7,13H2,1-3H3. The molecule has 0 aliphatic carbocycles. The largest absolute Gasteiger partial charge is 0.399 e. The van der Waals surface area contributed by atoms with Gasteiger partial charge in [0.05, 0.1) is 10.6 Å². The van der Waals surface area contributed by atoms with E-state index in [1.807, 2.05) is 0 Å². The number of hydrogen-bond donors (Lipinski definition) is 1. The highest BCUT2D eigenvalue weighted by atomic mass is 32.2. The second-order valence-corrected chi connectivity index (χ2v) is 6.48. The molecule has 0 aliphatic rings. The average Bonchev–Trinajstić information content (AvgIpc) is 2.29. The average molecular weight is 270 g/mol. The number of nitrogen functional groups attached to an aromatic ring is 1. The number of nitrogens with two attached hydrogens (primary N) is 1. The van der Waals surface area contributed by atoms with E-state index in [1.54, 1.807) is 27.1 Å². The Balaban J connectivity index is 2.87. The fourth-order valence-corrected chi connectivity index (χ4v) is 2.72. The highest BCUT2D eigenvalue weighted by Gasteiger charge is 2.17. The van der Waals surface area contributed by atoms with Gasteiger partial charge in [-0.2, -0.15) is 0 Å². The lowest BCUT2D eigenvalue weighted by molar-refractivity contribution is -0.128. The maximum atomic E-state index is 12.0. The number of nitrogens with zero attached hydrogens (tertiary/aromatic N) is 1. The Morgan fingerprint density at radius 1 is 1.33 bits per heavy atom. The van der Waals surface area contributed by atoms with Crippen molar-refractivity contribution in [1.29, 1.82) is 0 Å². The van der Waals surface area contributed by atoms with Crippen molar-refractivity contribution in [2.24, 2.45) is 0 Å². The summed E-state index contributed by atoms with van der Waals surface area (Å²) < 4.78 is 24.0. The van der Waals surface area contributed by atoms with Gasteiger partial charge in [0.25, 0.3) is 0 Å². The second-order valence-electron chi connectivity index (χ2n) is 4.38. The van der Waals surface area contributed by atoms with Gasteiger partial charge in [0, 0.05) is 26.2 Å². The molecule has 0 radical (unpaired) electrons. The van der Waals surface area contributed by atoms with Gasteiger partial charge >= 0.3 is 0 Å². The summed E-state index contributed by atoms with van der Waals surface area (Å²) in [5.74, 6) is -0.390. The fourth-order valence-electron chi connectivity index (χ4n) is 1.40. The number of amides is 1. The molecular weight excluding hydrogens is 252 g/mol. The van der Waals surface area contributed by atoms with Gasteiger partial charge in [-0.05, 0) is 30.7 Å². The van der Waals surface area contributed by atoms with E-state index in [9.17, 15) is 13.2 Å². The highest BCUT2D eigenvalue weighted by Crippen LogP contribution is 2.18. The predicted molar refractivity (Wildman–Crippen MR) is 71.0 cm³/mol. The lowest BCUT2D eigenvalue weighted by Crippen LogP contribution is -2.24. The predicted octanol–water partition coefficient (Wildman–Crippen LogP) is 0.829. The molecule has 0 saturated heterocycles. The third kappa shape index (κ3) is 3.46. The summed E-state index contributed by atoms with van der Waals surface area (Å²) in [4.78, 5) is 13.0. The van der Waals surface area contributed by atoms with Crippen molar-refractivity contribution in [2.45, 2.75) is 18.2 Å². The van der Waals surface area contributed by atoms with E-state index >= 15 is 0 Å². The van der Waals surface area contributed by atoms with Crippen LogP contribution >= 0.6 is 0 Å². The van der Waals surface area contributed by atoms with Crippen LogP contribution < -0.4 is 5.73 Å². The summed E-state index contributed by atoms with van der Waals surface area (Å²) in [6.45, 7) is 1.75. The van der Waals surface area contributed by atoms with Crippen LogP contribution in [0.2, 0.25) is 0 Å². The molecular formula is C12H18N2O3S. The molecule has 0 spiro atoms. The Labute approximate surface area is 108 Å². The Bertz CT molecular complexity index is 550. The van der Waals surface area contributed by atoms with Gasteiger partial charge in [-0.1, -0.05) is 0 Å². The minimum absolute atomic E-state index is 0.0151. The Morgan fingerprint density at radius 2 is 1.94 bits per heavy atom. The Hall–Kier alpha value is -1.56. The molecule has 2 N–H and O–H groups in total. The van der Waals surface area contributed by atoms with E-state index in [-0.39, 0.29) is 23.0 Å². The molecule has 0 bridgehead atoms. The third-order valence-corrected chi connectivity index (χ3v) is 4.40. The summed E-state index contributed by atoms with van der Waals surface area (Å²) in [5.41, 5.74) is 6.91. The molecule has 1 rings (SSSR count). The van der Waals surface area contributed by atoms with Crippen molar-refractivity contribution in [3.05, 3.63) is 23.8 Å². The first-order chi connectivity index (χ1) is 8.24. The lowest BCUT2D eigenvalue weighted by Gasteiger charge is -2.10. The summed E-state index contributed by atoms with van der Waals surface area (Å²) in [6.07, 6.45) is -0.0151. The van der Waals surface area contributed by atoms with E-state index in [4.69, 9.17) is 5.73 Å². The molecule has 0 aliphatic heterocycles. The lowest BCUT2D eigenvalue weighted by atomic mass is 10.2. The molecule has 100 valence electrons. The second kappa shape index (κ2) is 5.39. The minimum atomic E-state index is -3.43. The van der Waals surface area contributed by atoms with Gasteiger partial charge in [-0.15, -0.1) is 0 Å². The van der Waals surface area contributed by atoms with E-state index in [2.05, 4.69) is 0 Å². The van der Waals surface area contributed by atoms with Crippen LogP contribution in [0.1, 0.15) is 12.0 Å². The number of carbonyl (C=O) groups excluding carboxylic acids is 1. The molecule has 1 amide bonds. The minimum Gasteiger partial charge on any atom is -0.399 e. The van der Waals surface area contributed by atoms with Gasteiger partial charge in [-0.25, -0.2) is 8.42 Å². The zero-order chi connectivity index (χ0) is 13.9. The summed E-state index contributed by atoms with van der Waals surface area (Å²) in [7, 11) is -0.232. The first-order valence-corrected chi connectivity index (χ1v) is 7.18. The van der Waals surface area contributed by atoms with Crippen LogP contribution in [0.25, 0.3) is 0 Å². The van der Waals surface area contributed by atoms with E-state index in [1.165, 1.54) is 17.0 Å². The maximum Gasteiger partial charge on any atom is 0.223 e. The zero-order valence-corrected chi connectivity index (χ0v) is 11.6. The molecule has 0 aromatic heterocycles. The molecule has 5 nitrogen and oxygen atoms in total. The van der Waals surface area contributed by atoms with Crippen LogP contribution in [-0.4, -0.2) is 39.1 Å². The smallest absolute Gasteiger partial charge is 0.223 e. The van der Waals surface area contributed by atoms with Crippen LogP contribution in [0.4, 0.5) is 5.69 Å². The van der Waals surface area contributed by atoms with Gasteiger partial charge < -0.3 is 10.6 Å². The summed E-state index contributed by atoms with van der Waals surface area (Å²) >= 11 is 0. The number of aryl methyl sites for hydroxylation is 1. The quantitative estimate of drug-likeness (QED) is 0.822. The van der Waals surface area contributed by atoms with Crippen molar-refractivity contribution in [1.82, 2.24) is 4.90 Å². The van der Waals surface area contributed by atoms with Crippen molar-refractivity contribution in [2.75, 3.05) is 25.6 Å². The molecule has 0 saturated carbocycles. The molecule has 1 aromatic carbocycles. The van der Waals surface area contributed by atoms with Crippen molar-refractivity contribution < 1.29 is 13.2 Å². The van der Waals surface area contributed by atoms with E-state index < -0.39 is 9.84 Å². The fraction of sp³-hybridized carbons (Fsp3) is 0.417. The molecule has 0 fully saturated rings. The topological polar surface area (TPSA) is 80.5 Å². The highest BCUT2D eigenvalue weighted by molar-refractivity contribution is 7.91. The molecule has 6 heteroatoms. The summed E-state index contributed by atoms with van der Waals surface area (Å²) in [6, 6.07) is 4.57. The Morgan fingerprint density at radius 3 is 2.44 bits per heavy atom. The molecule has 0 heterocycles. The molecule has 0 unspecified atom stereocenters. The molecule has 18 heavy (non-hydrogen) atoms. The molecule has 1 aromatic rings. The van der Waals surface area contributed by atoms with Crippen LogP contribution in [0.15, 0.2) is 23.1 Å². The van der Waals surface area contributed by atoms with Crippen molar-refractivity contribution in [3.8, 4) is 0 Å². The van der Waals surface area contributed by atoms with Gasteiger partial charge in [0.1, 0.15) is 0 Å². The number of sulfone groups is 1. The zero-order valence-electron chi connectivity index (χ0n) is 10.8. The number of carbonyl (C=O) groups is 1. The van der Waals surface area contributed by atoms with Crippen LogP contribution in [0, 0.1) is 6.92 Å². The van der Waals surface area contributed by atoms with Crippen LogP contribution in [0.3, 0.4) is 0 Å². The van der Waals surface area contributed by atoms with Crippen LogP contribution in [-0.2, 0) is 14.6 Å². The SMILES string of the molecule is Cc1cc(S(=O)(=O)CCC(=O)N(C)C)ccc1N. The summed E-state index contributed by atoms with van der Waals surface area (Å²) in [5, 5.41) is 0. The van der Waals surface area contributed by atoms with Crippen LogP contribution in [0.5, 0.6) is 0 Å². The van der Waals surface area contributed by atoms with Crippen molar-refractivity contribution >= 4 is 21.4 Å². The number of benzene rings is 1. The number of hydrogen-bond acceptors (Lipinski definition) is 4. The first kappa shape index (κ1) is 14.5. The van der Waals surface area contributed by atoms with Gasteiger partial charge in [0.15, 0.2) is 9.84 Å². The number of rotatable bonds is 4.